The number of anilines is 1. The van der Waals surface area contributed by atoms with Crippen molar-refractivity contribution >= 4 is 39.6 Å². The summed E-state index contributed by atoms with van der Waals surface area (Å²) in [6.45, 7) is 5.78. The van der Waals surface area contributed by atoms with Crippen molar-refractivity contribution in [3.05, 3.63) is 44.9 Å². The van der Waals surface area contributed by atoms with Gasteiger partial charge in [0.05, 0.1) is 23.6 Å². The van der Waals surface area contributed by atoms with Crippen molar-refractivity contribution in [2.24, 2.45) is 0 Å². The van der Waals surface area contributed by atoms with Crippen LogP contribution in [-0.2, 0) is 11.2 Å². The fraction of sp³-hybridized carbons (Fsp3) is 0.278. The summed E-state index contributed by atoms with van der Waals surface area (Å²) in [5.74, 6) is -0.226. The second-order valence-corrected chi connectivity index (χ2v) is 7.34. The minimum absolute atomic E-state index is 0.244. The first-order valence-electron chi connectivity index (χ1n) is 8.15. The first-order valence-corrected chi connectivity index (χ1v) is 9.84. The molecule has 1 N–H and O–H groups in total. The quantitative estimate of drug-likeness (QED) is 0.614. The molecule has 0 fully saturated rings. The Morgan fingerprint density at radius 3 is 2.77 bits per heavy atom. The van der Waals surface area contributed by atoms with Crippen LogP contribution in [0.1, 0.15) is 44.6 Å². The number of thiazole rings is 1. The number of nitrogens with zero attached hydrogens (tertiary/aromatic N) is 1. The maximum Gasteiger partial charge on any atom is 0.341 e. The van der Waals surface area contributed by atoms with Gasteiger partial charge in [-0.15, -0.1) is 22.7 Å². The standard InChI is InChI=1S/C18H18N2O4S2/c1-4-13-19-10(3)15(26-13)16(21)20-17-14(18(22)23-5-2)11(9-25-17)12-7-6-8-24-12/h6-9H,4-5H2,1-3H3,(H,20,21). The molecule has 8 heteroatoms. The summed E-state index contributed by atoms with van der Waals surface area (Å²) in [5.41, 5.74) is 1.59. The van der Waals surface area contributed by atoms with Crippen molar-refractivity contribution in [1.29, 1.82) is 0 Å². The predicted octanol–water partition coefficient (Wildman–Crippen LogP) is 4.76. The Kier molecular flexibility index (Phi) is 5.53. The number of amides is 1. The number of aryl methyl sites for hydroxylation is 2. The third-order valence-electron chi connectivity index (χ3n) is 3.63. The zero-order valence-corrected chi connectivity index (χ0v) is 16.3. The van der Waals surface area contributed by atoms with E-state index >= 15 is 0 Å². The molecule has 3 aromatic heterocycles. The molecule has 0 saturated heterocycles. The minimum Gasteiger partial charge on any atom is -0.464 e. The highest BCUT2D eigenvalue weighted by Crippen LogP contribution is 2.37. The molecule has 6 nitrogen and oxygen atoms in total. The summed E-state index contributed by atoms with van der Waals surface area (Å²) in [6.07, 6.45) is 2.31. The first kappa shape index (κ1) is 18.3. The third-order valence-corrected chi connectivity index (χ3v) is 5.83. The Bertz CT molecular complexity index is 925. The van der Waals surface area contributed by atoms with Gasteiger partial charge in [0.25, 0.3) is 5.91 Å². The van der Waals surface area contributed by atoms with E-state index in [4.69, 9.17) is 9.15 Å². The molecule has 0 saturated carbocycles. The topological polar surface area (TPSA) is 81.4 Å². The lowest BCUT2D eigenvalue weighted by atomic mass is 10.1. The third kappa shape index (κ3) is 3.56. The molecule has 3 aromatic rings. The number of carbonyl (C=O) groups is 2. The lowest BCUT2D eigenvalue weighted by Gasteiger charge is -2.07. The SMILES string of the molecule is CCOC(=O)c1c(-c2ccco2)csc1NC(=O)c1sc(CC)nc1C. The second-order valence-electron chi connectivity index (χ2n) is 5.38. The van der Waals surface area contributed by atoms with Gasteiger partial charge in [0.1, 0.15) is 21.2 Å². The van der Waals surface area contributed by atoms with Gasteiger partial charge in [0, 0.05) is 10.9 Å². The minimum atomic E-state index is -0.495. The van der Waals surface area contributed by atoms with Gasteiger partial charge in [-0.1, -0.05) is 6.92 Å². The molecule has 0 atom stereocenters. The van der Waals surface area contributed by atoms with Gasteiger partial charge in [0.2, 0.25) is 0 Å². The van der Waals surface area contributed by atoms with E-state index in [2.05, 4.69) is 10.3 Å². The normalized spacial score (nSPS) is 10.7. The maximum atomic E-state index is 12.7. The summed E-state index contributed by atoms with van der Waals surface area (Å²) in [4.78, 5) is 30.1. The van der Waals surface area contributed by atoms with E-state index in [1.54, 1.807) is 31.4 Å². The van der Waals surface area contributed by atoms with E-state index in [-0.39, 0.29) is 12.5 Å². The molecular weight excluding hydrogens is 372 g/mol. The zero-order chi connectivity index (χ0) is 18.7. The van der Waals surface area contributed by atoms with Gasteiger partial charge in [-0.2, -0.15) is 0 Å². The Labute approximate surface area is 158 Å². The monoisotopic (exact) mass is 390 g/mol. The largest absolute Gasteiger partial charge is 0.464 e. The van der Waals surface area contributed by atoms with E-state index in [9.17, 15) is 9.59 Å². The molecule has 1 amide bonds. The van der Waals surface area contributed by atoms with E-state index < -0.39 is 5.97 Å². The number of carbonyl (C=O) groups excluding carboxylic acids is 2. The highest BCUT2D eigenvalue weighted by molar-refractivity contribution is 7.16. The van der Waals surface area contributed by atoms with E-state index in [0.29, 0.717) is 32.5 Å². The van der Waals surface area contributed by atoms with Crippen molar-refractivity contribution in [1.82, 2.24) is 4.98 Å². The number of furan rings is 1. The van der Waals surface area contributed by atoms with Crippen molar-refractivity contribution in [2.45, 2.75) is 27.2 Å². The molecule has 0 radical (unpaired) electrons. The van der Waals surface area contributed by atoms with Gasteiger partial charge in [0.15, 0.2) is 0 Å². The van der Waals surface area contributed by atoms with Crippen LogP contribution in [0.25, 0.3) is 11.3 Å². The van der Waals surface area contributed by atoms with Gasteiger partial charge in [-0.05, 0) is 32.4 Å². The van der Waals surface area contributed by atoms with E-state index in [1.807, 2.05) is 6.92 Å². The molecule has 3 rings (SSSR count). The molecule has 0 aromatic carbocycles. The number of thiophene rings is 1. The zero-order valence-electron chi connectivity index (χ0n) is 14.6. The average Bonchev–Trinajstić information content (AvgIpc) is 3.33. The Hall–Kier alpha value is -2.45. The van der Waals surface area contributed by atoms with Gasteiger partial charge >= 0.3 is 5.97 Å². The summed E-state index contributed by atoms with van der Waals surface area (Å²) < 4.78 is 10.6. The number of aromatic nitrogens is 1. The smallest absolute Gasteiger partial charge is 0.341 e. The second kappa shape index (κ2) is 7.84. The van der Waals surface area contributed by atoms with Crippen LogP contribution in [0.3, 0.4) is 0 Å². The lowest BCUT2D eigenvalue weighted by molar-refractivity contribution is 0.0529. The van der Waals surface area contributed by atoms with Gasteiger partial charge < -0.3 is 14.5 Å². The molecule has 0 aliphatic carbocycles. The average molecular weight is 390 g/mol. The van der Waals surface area contributed by atoms with Crippen LogP contribution < -0.4 is 5.32 Å². The number of ether oxygens (including phenoxy) is 1. The first-order chi connectivity index (χ1) is 12.5. The summed E-state index contributed by atoms with van der Waals surface area (Å²) >= 11 is 2.62. The highest BCUT2D eigenvalue weighted by atomic mass is 32.1. The molecule has 136 valence electrons. The lowest BCUT2D eigenvalue weighted by Crippen LogP contribution is -2.14. The van der Waals surface area contributed by atoms with Gasteiger partial charge in [-0.25, -0.2) is 9.78 Å². The molecule has 0 spiro atoms. The number of hydrogen-bond donors (Lipinski definition) is 1. The Morgan fingerprint density at radius 2 is 2.15 bits per heavy atom. The van der Waals surface area contributed by atoms with Gasteiger partial charge in [-0.3, -0.25) is 4.79 Å². The number of nitrogens with one attached hydrogen (secondary N) is 1. The van der Waals surface area contributed by atoms with Crippen molar-refractivity contribution in [3.8, 4) is 11.3 Å². The van der Waals surface area contributed by atoms with Crippen molar-refractivity contribution in [2.75, 3.05) is 11.9 Å². The molecule has 0 aliphatic rings. The predicted molar refractivity (Wildman–Crippen MR) is 102 cm³/mol. The van der Waals surface area contributed by atoms with E-state index in [1.165, 1.54) is 28.9 Å². The van der Waals surface area contributed by atoms with Crippen LogP contribution in [-0.4, -0.2) is 23.5 Å². The van der Waals surface area contributed by atoms with Crippen LogP contribution >= 0.6 is 22.7 Å². The Balaban J connectivity index is 1.95. The van der Waals surface area contributed by atoms with Crippen LogP contribution in [0.4, 0.5) is 5.00 Å². The van der Waals surface area contributed by atoms with Crippen LogP contribution in [0.15, 0.2) is 28.2 Å². The summed E-state index contributed by atoms with van der Waals surface area (Å²) in [7, 11) is 0. The van der Waals surface area contributed by atoms with E-state index in [0.717, 1.165) is 11.4 Å². The molecule has 0 unspecified atom stereocenters. The highest BCUT2D eigenvalue weighted by Gasteiger charge is 2.25. The molecule has 0 bridgehead atoms. The molecule has 0 aliphatic heterocycles. The molecular formula is C18H18N2O4S2. The molecule has 3 heterocycles. The number of esters is 1. The number of hydrogen-bond acceptors (Lipinski definition) is 7. The van der Waals surface area contributed by atoms with Crippen LogP contribution in [0.5, 0.6) is 0 Å². The fourth-order valence-electron chi connectivity index (χ4n) is 2.44. The van der Waals surface area contributed by atoms with Crippen LogP contribution in [0, 0.1) is 6.92 Å². The van der Waals surface area contributed by atoms with Crippen molar-refractivity contribution < 1.29 is 18.7 Å². The van der Waals surface area contributed by atoms with Crippen LogP contribution in [0.2, 0.25) is 0 Å². The summed E-state index contributed by atoms with van der Waals surface area (Å²) in [5, 5.41) is 5.95. The molecule has 26 heavy (non-hydrogen) atoms. The fourth-order valence-corrected chi connectivity index (χ4v) is 4.28. The number of rotatable bonds is 6. The van der Waals surface area contributed by atoms with Crippen molar-refractivity contribution in [3.63, 3.8) is 0 Å². The maximum absolute atomic E-state index is 12.7. The Morgan fingerprint density at radius 1 is 1.35 bits per heavy atom. The summed E-state index contributed by atoms with van der Waals surface area (Å²) in [6, 6.07) is 3.50.